The summed E-state index contributed by atoms with van der Waals surface area (Å²) in [6.45, 7) is 5.03. The van der Waals surface area contributed by atoms with Gasteiger partial charge in [0.1, 0.15) is 0 Å². The lowest BCUT2D eigenvalue weighted by molar-refractivity contribution is -0.116. The second kappa shape index (κ2) is 9.47. The van der Waals surface area contributed by atoms with Gasteiger partial charge in [-0.3, -0.25) is 4.79 Å². The van der Waals surface area contributed by atoms with Gasteiger partial charge in [0.25, 0.3) is 0 Å². The number of nitrogens with zero attached hydrogens (tertiary/aromatic N) is 5. The van der Waals surface area contributed by atoms with Crippen LogP contribution < -0.4 is 15.1 Å². The highest BCUT2D eigenvalue weighted by molar-refractivity contribution is 5.91. The van der Waals surface area contributed by atoms with Gasteiger partial charge in [0.05, 0.1) is 19.8 Å². The number of morpholine rings is 1. The van der Waals surface area contributed by atoms with E-state index in [1.165, 1.54) is 6.08 Å². The van der Waals surface area contributed by atoms with Gasteiger partial charge < -0.3 is 19.9 Å². The third-order valence-electron chi connectivity index (χ3n) is 4.99. The molecular weight excluding hydrogens is 368 g/mol. The molecule has 29 heavy (non-hydrogen) atoms. The van der Waals surface area contributed by atoms with Crippen LogP contribution in [-0.4, -0.2) is 60.3 Å². The summed E-state index contributed by atoms with van der Waals surface area (Å²) in [5, 5.41) is 2.88. The summed E-state index contributed by atoms with van der Waals surface area (Å²) in [6.07, 6.45) is 5.61. The van der Waals surface area contributed by atoms with Gasteiger partial charge in [-0.15, -0.1) is 0 Å². The topological polar surface area (TPSA) is 83.5 Å². The predicted octanol–water partition coefficient (Wildman–Crippen LogP) is 1.64. The quantitative estimate of drug-likeness (QED) is 0.746. The average Bonchev–Trinajstić information content (AvgIpc) is 3.32. The van der Waals surface area contributed by atoms with Crippen molar-refractivity contribution >= 4 is 23.9 Å². The van der Waals surface area contributed by atoms with E-state index in [9.17, 15) is 4.79 Å². The largest absolute Gasteiger partial charge is 0.378 e. The van der Waals surface area contributed by atoms with Crippen LogP contribution in [-0.2, 0) is 16.1 Å². The Morgan fingerprint density at radius 1 is 0.966 bits per heavy atom. The van der Waals surface area contributed by atoms with E-state index in [4.69, 9.17) is 4.74 Å². The normalized spacial score (nSPS) is 17.1. The third kappa shape index (κ3) is 5.29. The lowest BCUT2D eigenvalue weighted by atomic mass is 10.2. The molecule has 1 aromatic carbocycles. The number of ether oxygens (including phenoxy) is 1. The molecule has 2 fully saturated rings. The number of hydrogen-bond acceptors (Lipinski definition) is 7. The molecule has 0 unspecified atom stereocenters. The lowest BCUT2D eigenvalue weighted by Gasteiger charge is -2.28. The number of benzene rings is 1. The predicted molar refractivity (Wildman–Crippen MR) is 112 cm³/mol. The minimum absolute atomic E-state index is 0.176. The number of carbonyl (C=O) groups is 1. The molecule has 8 heteroatoms. The number of aromatic nitrogens is 3. The molecule has 3 heterocycles. The number of carbonyl (C=O) groups excluding carboxylic acids is 1. The SMILES string of the molecule is O=C(/C=C/c1ccccc1)NCc1nc(N2CCCC2)nc(N2CCOCC2)n1. The fraction of sp³-hybridized carbons (Fsp3) is 0.429. The second-order valence-electron chi connectivity index (χ2n) is 7.11. The maximum absolute atomic E-state index is 12.2. The number of anilines is 2. The molecule has 8 nitrogen and oxygen atoms in total. The Balaban J connectivity index is 1.45. The molecule has 1 aromatic heterocycles. The summed E-state index contributed by atoms with van der Waals surface area (Å²) in [4.78, 5) is 30.4. The minimum atomic E-state index is -0.176. The van der Waals surface area contributed by atoms with E-state index >= 15 is 0 Å². The van der Waals surface area contributed by atoms with E-state index < -0.39 is 0 Å². The molecule has 1 amide bonds. The molecule has 2 aliphatic heterocycles. The summed E-state index contributed by atoms with van der Waals surface area (Å²) in [5.74, 6) is 1.76. The first-order valence-electron chi connectivity index (χ1n) is 10.1. The first-order chi connectivity index (χ1) is 14.3. The van der Waals surface area contributed by atoms with Gasteiger partial charge >= 0.3 is 0 Å². The Kier molecular flexibility index (Phi) is 6.31. The zero-order chi connectivity index (χ0) is 19.9. The Hall–Kier alpha value is -3.00. The number of hydrogen-bond donors (Lipinski definition) is 1. The summed E-state index contributed by atoms with van der Waals surface area (Å²) < 4.78 is 5.44. The van der Waals surface area contributed by atoms with Gasteiger partial charge in [-0.25, -0.2) is 0 Å². The first-order valence-corrected chi connectivity index (χ1v) is 10.1. The maximum atomic E-state index is 12.2. The van der Waals surface area contributed by atoms with Crippen LogP contribution in [0.15, 0.2) is 36.4 Å². The molecule has 2 aliphatic rings. The Labute approximate surface area is 170 Å². The van der Waals surface area contributed by atoms with E-state index in [1.54, 1.807) is 6.08 Å². The Bertz CT molecular complexity index is 846. The van der Waals surface area contributed by atoms with Crippen LogP contribution in [0.2, 0.25) is 0 Å². The molecule has 0 saturated carbocycles. The van der Waals surface area contributed by atoms with Crippen molar-refractivity contribution in [2.75, 3.05) is 49.2 Å². The van der Waals surface area contributed by atoms with E-state index in [-0.39, 0.29) is 12.5 Å². The first kappa shape index (κ1) is 19.3. The van der Waals surface area contributed by atoms with Crippen molar-refractivity contribution in [2.45, 2.75) is 19.4 Å². The number of amides is 1. The zero-order valence-electron chi connectivity index (χ0n) is 16.5. The van der Waals surface area contributed by atoms with E-state index in [1.807, 2.05) is 30.3 Å². The van der Waals surface area contributed by atoms with Gasteiger partial charge in [-0.1, -0.05) is 30.3 Å². The molecule has 1 N–H and O–H groups in total. The summed E-state index contributed by atoms with van der Waals surface area (Å²) >= 11 is 0. The molecule has 0 radical (unpaired) electrons. The van der Waals surface area contributed by atoms with Crippen LogP contribution in [0.4, 0.5) is 11.9 Å². The fourth-order valence-corrected chi connectivity index (χ4v) is 3.40. The molecule has 2 saturated heterocycles. The monoisotopic (exact) mass is 394 g/mol. The minimum Gasteiger partial charge on any atom is -0.378 e. The van der Waals surface area contributed by atoms with Crippen molar-refractivity contribution in [3.8, 4) is 0 Å². The molecular formula is C21H26N6O2. The van der Waals surface area contributed by atoms with Gasteiger partial charge in [-0.05, 0) is 24.5 Å². The Morgan fingerprint density at radius 3 is 2.31 bits per heavy atom. The van der Waals surface area contributed by atoms with Gasteiger partial charge in [0.15, 0.2) is 5.82 Å². The molecule has 0 aliphatic carbocycles. The highest BCUT2D eigenvalue weighted by atomic mass is 16.5. The Morgan fingerprint density at radius 2 is 1.62 bits per heavy atom. The highest BCUT2D eigenvalue weighted by Crippen LogP contribution is 2.19. The smallest absolute Gasteiger partial charge is 0.244 e. The van der Waals surface area contributed by atoms with Gasteiger partial charge in [-0.2, -0.15) is 15.0 Å². The summed E-state index contributed by atoms with van der Waals surface area (Å²) in [6, 6.07) is 9.73. The molecule has 2 aromatic rings. The molecule has 4 rings (SSSR count). The van der Waals surface area contributed by atoms with Gasteiger partial charge in [0, 0.05) is 32.3 Å². The van der Waals surface area contributed by atoms with Crippen molar-refractivity contribution in [2.24, 2.45) is 0 Å². The van der Waals surface area contributed by atoms with Crippen molar-refractivity contribution < 1.29 is 9.53 Å². The third-order valence-corrected chi connectivity index (χ3v) is 4.99. The van der Waals surface area contributed by atoms with E-state index in [2.05, 4.69) is 30.1 Å². The van der Waals surface area contributed by atoms with E-state index in [0.29, 0.717) is 30.9 Å². The van der Waals surface area contributed by atoms with Crippen LogP contribution in [0.1, 0.15) is 24.2 Å². The summed E-state index contributed by atoms with van der Waals surface area (Å²) in [5.41, 5.74) is 0.980. The fourth-order valence-electron chi connectivity index (χ4n) is 3.40. The van der Waals surface area contributed by atoms with Crippen LogP contribution in [0, 0.1) is 0 Å². The second-order valence-corrected chi connectivity index (χ2v) is 7.11. The van der Waals surface area contributed by atoms with Crippen molar-refractivity contribution in [1.29, 1.82) is 0 Å². The van der Waals surface area contributed by atoms with Crippen LogP contribution in [0.3, 0.4) is 0 Å². The van der Waals surface area contributed by atoms with Crippen LogP contribution in [0.5, 0.6) is 0 Å². The maximum Gasteiger partial charge on any atom is 0.244 e. The van der Waals surface area contributed by atoms with Crippen molar-refractivity contribution in [1.82, 2.24) is 20.3 Å². The standard InChI is InChI=1S/C21H26N6O2/c28-19(9-8-17-6-2-1-3-7-17)22-16-18-23-20(26-10-4-5-11-26)25-21(24-18)27-12-14-29-15-13-27/h1-3,6-9H,4-5,10-16H2,(H,22,28)/b9-8+. The molecule has 152 valence electrons. The highest BCUT2D eigenvalue weighted by Gasteiger charge is 2.21. The molecule has 0 bridgehead atoms. The molecule has 0 atom stereocenters. The number of rotatable bonds is 6. The van der Waals surface area contributed by atoms with Crippen LogP contribution >= 0.6 is 0 Å². The van der Waals surface area contributed by atoms with Crippen molar-refractivity contribution in [3.05, 3.63) is 47.8 Å². The van der Waals surface area contributed by atoms with E-state index in [0.717, 1.165) is 44.6 Å². The average molecular weight is 394 g/mol. The summed E-state index contributed by atoms with van der Waals surface area (Å²) in [7, 11) is 0. The zero-order valence-corrected chi connectivity index (χ0v) is 16.5. The lowest BCUT2D eigenvalue weighted by Crippen LogP contribution is -2.38. The van der Waals surface area contributed by atoms with Crippen LogP contribution in [0.25, 0.3) is 6.08 Å². The van der Waals surface area contributed by atoms with Gasteiger partial charge in [0.2, 0.25) is 17.8 Å². The van der Waals surface area contributed by atoms with Crippen molar-refractivity contribution in [3.63, 3.8) is 0 Å². The molecule has 0 spiro atoms. The number of nitrogens with one attached hydrogen (secondary N) is 1.